The Balaban J connectivity index is 1.73. The zero-order valence-corrected chi connectivity index (χ0v) is 13.5. The van der Waals surface area contributed by atoms with Crippen molar-refractivity contribution in [1.29, 1.82) is 0 Å². The van der Waals surface area contributed by atoms with Gasteiger partial charge in [0.1, 0.15) is 5.75 Å². The number of hydrogen-bond acceptors (Lipinski definition) is 3. The van der Waals surface area contributed by atoms with Gasteiger partial charge in [0.15, 0.2) is 0 Å². The van der Waals surface area contributed by atoms with Gasteiger partial charge in [0.05, 0.1) is 7.11 Å². The maximum absolute atomic E-state index is 6.21. The molecule has 21 heavy (non-hydrogen) atoms. The van der Waals surface area contributed by atoms with Crippen LogP contribution in [0.2, 0.25) is 0 Å². The Bertz CT molecular complexity index is 536. The fourth-order valence-corrected chi connectivity index (χ4v) is 3.10. The molecule has 0 spiro atoms. The monoisotopic (exact) mass is 301 g/mol. The Morgan fingerprint density at radius 2 is 1.62 bits per heavy atom. The summed E-state index contributed by atoms with van der Waals surface area (Å²) in [6.45, 7) is 2.11. The van der Waals surface area contributed by atoms with Crippen LogP contribution in [0.5, 0.6) is 5.75 Å². The van der Waals surface area contributed by atoms with Crippen LogP contribution < -0.4 is 10.5 Å². The van der Waals surface area contributed by atoms with Gasteiger partial charge in [-0.05, 0) is 36.6 Å². The molecular weight excluding hydrogens is 278 g/mol. The molecule has 0 radical (unpaired) electrons. The van der Waals surface area contributed by atoms with Gasteiger partial charge in [0.25, 0.3) is 0 Å². The number of benzene rings is 2. The molecule has 0 fully saturated rings. The first-order valence-corrected chi connectivity index (χ1v) is 8.34. The Labute approximate surface area is 131 Å². The Morgan fingerprint density at radius 1 is 1.00 bits per heavy atom. The summed E-state index contributed by atoms with van der Waals surface area (Å²) < 4.78 is 5.16. The molecule has 0 saturated carbocycles. The van der Waals surface area contributed by atoms with Gasteiger partial charge in [-0.1, -0.05) is 42.0 Å². The molecule has 2 nitrogen and oxygen atoms in total. The molecule has 0 aromatic heterocycles. The van der Waals surface area contributed by atoms with E-state index >= 15 is 0 Å². The van der Waals surface area contributed by atoms with Crippen molar-refractivity contribution >= 4 is 11.8 Å². The minimum atomic E-state index is 0.189. The van der Waals surface area contributed by atoms with E-state index in [9.17, 15) is 0 Å². The van der Waals surface area contributed by atoms with Crippen LogP contribution in [-0.4, -0.2) is 18.9 Å². The molecule has 1 unspecified atom stereocenters. The van der Waals surface area contributed by atoms with Gasteiger partial charge >= 0.3 is 0 Å². The summed E-state index contributed by atoms with van der Waals surface area (Å²) in [6, 6.07) is 17.0. The van der Waals surface area contributed by atoms with Crippen molar-refractivity contribution in [3.05, 3.63) is 65.2 Å². The van der Waals surface area contributed by atoms with E-state index in [-0.39, 0.29) is 6.04 Å². The van der Waals surface area contributed by atoms with Gasteiger partial charge in [-0.3, -0.25) is 0 Å². The Kier molecular flexibility index (Phi) is 6.15. The van der Waals surface area contributed by atoms with E-state index in [1.165, 1.54) is 16.7 Å². The van der Waals surface area contributed by atoms with E-state index in [0.717, 1.165) is 23.7 Å². The second-order valence-corrected chi connectivity index (χ2v) is 6.34. The van der Waals surface area contributed by atoms with Gasteiger partial charge < -0.3 is 10.5 Å². The molecule has 0 aliphatic heterocycles. The van der Waals surface area contributed by atoms with Gasteiger partial charge in [-0.15, -0.1) is 0 Å². The van der Waals surface area contributed by atoms with E-state index in [1.807, 2.05) is 23.9 Å². The molecule has 2 aromatic rings. The van der Waals surface area contributed by atoms with E-state index in [2.05, 4.69) is 43.3 Å². The van der Waals surface area contributed by atoms with Crippen molar-refractivity contribution in [3.8, 4) is 5.75 Å². The molecule has 3 heteroatoms. The largest absolute Gasteiger partial charge is 0.497 e. The van der Waals surface area contributed by atoms with Gasteiger partial charge in [0.2, 0.25) is 0 Å². The molecule has 0 heterocycles. The van der Waals surface area contributed by atoms with Crippen molar-refractivity contribution in [3.63, 3.8) is 0 Å². The molecule has 0 saturated heterocycles. The van der Waals surface area contributed by atoms with Gasteiger partial charge in [-0.2, -0.15) is 11.8 Å². The summed E-state index contributed by atoms with van der Waals surface area (Å²) in [5, 5.41) is 0. The quantitative estimate of drug-likeness (QED) is 0.844. The normalized spacial score (nSPS) is 12.1. The molecule has 2 aromatic carbocycles. The van der Waals surface area contributed by atoms with E-state index < -0.39 is 0 Å². The lowest BCUT2D eigenvalue weighted by Crippen LogP contribution is -2.25. The molecule has 0 amide bonds. The lowest BCUT2D eigenvalue weighted by atomic mass is 10.1. The molecule has 0 bridgehead atoms. The fraction of sp³-hybridized carbons (Fsp3) is 0.333. The van der Waals surface area contributed by atoms with Crippen LogP contribution in [0.15, 0.2) is 48.5 Å². The third kappa shape index (κ3) is 5.44. The number of hydrogen-bond donors (Lipinski definition) is 1. The highest BCUT2D eigenvalue weighted by Gasteiger charge is 2.05. The summed E-state index contributed by atoms with van der Waals surface area (Å²) in [5.74, 6) is 2.89. The Hall–Kier alpha value is -1.45. The third-order valence-corrected chi connectivity index (χ3v) is 4.58. The first-order chi connectivity index (χ1) is 10.2. The third-order valence-electron chi connectivity index (χ3n) is 3.38. The molecule has 2 N–H and O–H groups in total. The van der Waals surface area contributed by atoms with E-state index in [4.69, 9.17) is 10.5 Å². The van der Waals surface area contributed by atoms with Crippen LogP contribution in [0.25, 0.3) is 0 Å². The van der Waals surface area contributed by atoms with Crippen molar-refractivity contribution in [1.82, 2.24) is 0 Å². The maximum atomic E-state index is 6.21. The minimum absolute atomic E-state index is 0.189. The standard InChI is InChI=1S/C18H23NOS/c1-14-3-5-16(6-4-14)12-21-13-17(19)11-15-7-9-18(20-2)10-8-15/h3-10,17H,11-13,19H2,1-2H3. The maximum Gasteiger partial charge on any atom is 0.118 e. The summed E-state index contributed by atoms with van der Waals surface area (Å²) >= 11 is 1.90. The summed E-state index contributed by atoms with van der Waals surface area (Å²) in [5.41, 5.74) is 10.1. The van der Waals surface area contributed by atoms with Crippen molar-refractivity contribution in [2.24, 2.45) is 5.73 Å². The summed E-state index contributed by atoms with van der Waals surface area (Å²) in [7, 11) is 1.68. The smallest absolute Gasteiger partial charge is 0.118 e. The number of aryl methyl sites for hydroxylation is 1. The van der Waals surface area contributed by atoms with Gasteiger partial charge in [-0.25, -0.2) is 0 Å². The van der Waals surface area contributed by atoms with Crippen molar-refractivity contribution in [2.45, 2.75) is 25.1 Å². The predicted octanol–water partition coefficient (Wildman–Crippen LogP) is 3.81. The zero-order valence-electron chi connectivity index (χ0n) is 12.7. The summed E-state index contributed by atoms with van der Waals surface area (Å²) in [6.07, 6.45) is 0.908. The molecule has 0 aliphatic rings. The average Bonchev–Trinajstić information content (AvgIpc) is 2.50. The highest BCUT2D eigenvalue weighted by Crippen LogP contribution is 2.16. The highest BCUT2D eigenvalue weighted by molar-refractivity contribution is 7.98. The topological polar surface area (TPSA) is 35.2 Å². The van der Waals surface area contributed by atoms with E-state index in [0.29, 0.717) is 0 Å². The number of thioether (sulfide) groups is 1. The SMILES string of the molecule is COc1ccc(CC(N)CSCc2ccc(C)cc2)cc1. The molecule has 0 aliphatic carbocycles. The fourth-order valence-electron chi connectivity index (χ4n) is 2.14. The molecule has 112 valence electrons. The van der Waals surface area contributed by atoms with E-state index in [1.54, 1.807) is 7.11 Å². The zero-order chi connectivity index (χ0) is 15.1. The molecule has 2 rings (SSSR count). The lowest BCUT2D eigenvalue weighted by Gasteiger charge is -2.12. The molecular formula is C18H23NOS. The average molecular weight is 301 g/mol. The van der Waals surface area contributed by atoms with Crippen LogP contribution in [-0.2, 0) is 12.2 Å². The van der Waals surface area contributed by atoms with Crippen molar-refractivity contribution < 1.29 is 4.74 Å². The first kappa shape index (κ1) is 15.9. The lowest BCUT2D eigenvalue weighted by molar-refractivity contribution is 0.414. The second kappa shape index (κ2) is 8.11. The van der Waals surface area contributed by atoms with Crippen LogP contribution in [0, 0.1) is 6.92 Å². The Morgan fingerprint density at radius 3 is 2.24 bits per heavy atom. The van der Waals surface area contributed by atoms with Gasteiger partial charge in [0, 0.05) is 17.5 Å². The predicted molar refractivity (Wildman–Crippen MR) is 92.0 cm³/mol. The minimum Gasteiger partial charge on any atom is -0.497 e. The first-order valence-electron chi connectivity index (χ1n) is 7.19. The van der Waals surface area contributed by atoms with Crippen LogP contribution in [0.4, 0.5) is 0 Å². The second-order valence-electron chi connectivity index (χ2n) is 5.31. The van der Waals surface area contributed by atoms with Crippen molar-refractivity contribution in [2.75, 3.05) is 12.9 Å². The highest BCUT2D eigenvalue weighted by atomic mass is 32.2. The number of methoxy groups -OCH3 is 1. The molecule has 1 atom stereocenters. The number of rotatable bonds is 7. The van der Waals surface area contributed by atoms with Crippen LogP contribution in [0.1, 0.15) is 16.7 Å². The van der Waals surface area contributed by atoms with Crippen LogP contribution in [0.3, 0.4) is 0 Å². The number of nitrogens with two attached hydrogens (primary N) is 1. The summed E-state index contributed by atoms with van der Waals surface area (Å²) in [4.78, 5) is 0. The van der Waals surface area contributed by atoms with Crippen LogP contribution >= 0.6 is 11.8 Å². The number of ether oxygens (including phenoxy) is 1.